The molecule has 1 heterocycles. The van der Waals surface area contributed by atoms with Gasteiger partial charge in [0.05, 0.1) is 6.10 Å². The van der Waals surface area contributed by atoms with Gasteiger partial charge in [-0.1, -0.05) is 0 Å². The average Bonchev–Trinajstić information content (AvgIpc) is 2.29. The Labute approximate surface area is 104 Å². The monoisotopic (exact) mass is 242 g/mol. The molecule has 0 bridgehead atoms. The molecule has 0 aromatic carbocycles. The van der Waals surface area contributed by atoms with Crippen molar-refractivity contribution >= 4 is 5.91 Å². The van der Waals surface area contributed by atoms with Crippen molar-refractivity contribution in [1.82, 2.24) is 10.2 Å². The summed E-state index contributed by atoms with van der Waals surface area (Å²) in [5.74, 6) is 0.835. The molecule has 0 aliphatic carbocycles. The summed E-state index contributed by atoms with van der Waals surface area (Å²) in [6.07, 6.45) is 4.20. The maximum Gasteiger partial charge on any atom is 0.220 e. The SMILES string of the molecule is CC(O)CCC(=O)NCCC1CCN(C)CC1. The largest absolute Gasteiger partial charge is 0.393 e. The molecule has 0 aromatic rings. The summed E-state index contributed by atoms with van der Waals surface area (Å²) in [7, 11) is 2.16. The van der Waals surface area contributed by atoms with Crippen LogP contribution in [0.2, 0.25) is 0 Å². The Bertz CT molecular complexity index is 223. The molecule has 0 spiro atoms. The Morgan fingerprint density at radius 2 is 2.12 bits per heavy atom. The van der Waals surface area contributed by atoms with E-state index < -0.39 is 0 Å². The van der Waals surface area contributed by atoms with Gasteiger partial charge in [-0.3, -0.25) is 4.79 Å². The lowest BCUT2D eigenvalue weighted by atomic mass is 9.94. The van der Waals surface area contributed by atoms with Crippen LogP contribution in [0.3, 0.4) is 0 Å². The third-order valence-electron chi connectivity index (χ3n) is 3.50. The topological polar surface area (TPSA) is 52.6 Å². The van der Waals surface area contributed by atoms with Crippen LogP contribution in [-0.4, -0.2) is 48.7 Å². The molecule has 2 N–H and O–H groups in total. The zero-order chi connectivity index (χ0) is 12.7. The van der Waals surface area contributed by atoms with Gasteiger partial charge in [-0.15, -0.1) is 0 Å². The smallest absolute Gasteiger partial charge is 0.220 e. The van der Waals surface area contributed by atoms with Gasteiger partial charge in [0.1, 0.15) is 0 Å². The van der Waals surface area contributed by atoms with Gasteiger partial charge < -0.3 is 15.3 Å². The predicted octanol–water partition coefficient (Wildman–Crippen LogP) is 0.995. The molecule has 4 heteroatoms. The Hall–Kier alpha value is -0.610. The summed E-state index contributed by atoms with van der Waals surface area (Å²) < 4.78 is 0. The molecule has 1 amide bonds. The van der Waals surface area contributed by atoms with Crippen LogP contribution in [0.1, 0.15) is 39.0 Å². The minimum Gasteiger partial charge on any atom is -0.393 e. The molecule has 0 aromatic heterocycles. The van der Waals surface area contributed by atoms with Crippen LogP contribution in [0.25, 0.3) is 0 Å². The molecule has 1 atom stereocenters. The molecule has 0 radical (unpaired) electrons. The number of piperidine rings is 1. The molecule has 1 rings (SSSR count). The number of likely N-dealkylation sites (tertiary alicyclic amines) is 1. The van der Waals surface area contributed by atoms with Crippen molar-refractivity contribution in [1.29, 1.82) is 0 Å². The minimum atomic E-state index is -0.380. The van der Waals surface area contributed by atoms with E-state index in [1.807, 2.05) is 0 Å². The van der Waals surface area contributed by atoms with E-state index in [2.05, 4.69) is 17.3 Å². The molecule has 4 nitrogen and oxygen atoms in total. The van der Waals surface area contributed by atoms with Gasteiger partial charge in [-0.05, 0) is 58.7 Å². The quantitative estimate of drug-likeness (QED) is 0.730. The maximum atomic E-state index is 11.4. The molecular formula is C13H26N2O2. The average molecular weight is 242 g/mol. The molecular weight excluding hydrogens is 216 g/mol. The number of nitrogens with one attached hydrogen (secondary N) is 1. The summed E-state index contributed by atoms with van der Waals surface area (Å²) >= 11 is 0. The highest BCUT2D eigenvalue weighted by atomic mass is 16.3. The summed E-state index contributed by atoms with van der Waals surface area (Å²) in [6, 6.07) is 0. The van der Waals surface area contributed by atoms with Gasteiger partial charge in [0.25, 0.3) is 0 Å². The minimum absolute atomic E-state index is 0.0684. The molecule has 1 aliphatic heterocycles. The summed E-state index contributed by atoms with van der Waals surface area (Å²) in [5, 5.41) is 12.0. The van der Waals surface area contributed by atoms with Crippen molar-refractivity contribution in [3.63, 3.8) is 0 Å². The number of hydrogen-bond acceptors (Lipinski definition) is 3. The van der Waals surface area contributed by atoms with Crippen LogP contribution in [0.15, 0.2) is 0 Å². The Balaban J connectivity index is 2.01. The Morgan fingerprint density at radius 1 is 1.47 bits per heavy atom. The molecule has 17 heavy (non-hydrogen) atoms. The van der Waals surface area contributed by atoms with Crippen molar-refractivity contribution in [3.05, 3.63) is 0 Å². The lowest BCUT2D eigenvalue weighted by Gasteiger charge is -2.28. The van der Waals surface area contributed by atoms with E-state index in [9.17, 15) is 4.79 Å². The highest BCUT2D eigenvalue weighted by Gasteiger charge is 2.16. The molecule has 100 valence electrons. The predicted molar refractivity (Wildman–Crippen MR) is 68.8 cm³/mol. The lowest BCUT2D eigenvalue weighted by Crippen LogP contribution is -2.32. The van der Waals surface area contributed by atoms with E-state index in [4.69, 9.17) is 5.11 Å². The fourth-order valence-corrected chi connectivity index (χ4v) is 2.19. The Morgan fingerprint density at radius 3 is 2.71 bits per heavy atom. The van der Waals surface area contributed by atoms with Gasteiger partial charge >= 0.3 is 0 Å². The van der Waals surface area contributed by atoms with E-state index in [-0.39, 0.29) is 12.0 Å². The number of amides is 1. The molecule has 1 unspecified atom stereocenters. The number of nitrogens with zero attached hydrogens (tertiary/aromatic N) is 1. The fraction of sp³-hybridized carbons (Fsp3) is 0.923. The van der Waals surface area contributed by atoms with Crippen LogP contribution in [0, 0.1) is 5.92 Å². The Kier molecular flexibility index (Phi) is 6.52. The van der Waals surface area contributed by atoms with E-state index >= 15 is 0 Å². The molecule has 1 saturated heterocycles. The first-order chi connectivity index (χ1) is 8.08. The van der Waals surface area contributed by atoms with E-state index in [1.165, 1.54) is 25.9 Å². The first-order valence-electron chi connectivity index (χ1n) is 6.71. The van der Waals surface area contributed by atoms with Crippen molar-refractivity contribution in [2.45, 2.75) is 45.1 Å². The normalized spacial score (nSPS) is 20.2. The van der Waals surface area contributed by atoms with Gasteiger partial charge in [0, 0.05) is 13.0 Å². The number of hydrogen-bond donors (Lipinski definition) is 2. The number of carbonyl (C=O) groups excluding carboxylic acids is 1. The first kappa shape index (κ1) is 14.5. The van der Waals surface area contributed by atoms with Crippen LogP contribution >= 0.6 is 0 Å². The molecule has 1 aliphatic rings. The number of aliphatic hydroxyl groups is 1. The summed E-state index contributed by atoms with van der Waals surface area (Å²) in [6.45, 7) is 4.86. The second-order valence-electron chi connectivity index (χ2n) is 5.27. The number of aliphatic hydroxyl groups excluding tert-OH is 1. The van der Waals surface area contributed by atoms with Crippen LogP contribution in [0.4, 0.5) is 0 Å². The third kappa shape index (κ3) is 6.64. The van der Waals surface area contributed by atoms with E-state index in [0.717, 1.165) is 18.9 Å². The fourth-order valence-electron chi connectivity index (χ4n) is 2.19. The molecule has 0 saturated carbocycles. The van der Waals surface area contributed by atoms with Crippen LogP contribution < -0.4 is 5.32 Å². The second kappa shape index (κ2) is 7.67. The van der Waals surface area contributed by atoms with Crippen molar-refractivity contribution in [2.24, 2.45) is 5.92 Å². The van der Waals surface area contributed by atoms with Gasteiger partial charge in [-0.2, -0.15) is 0 Å². The van der Waals surface area contributed by atoms with Crippen molar-refractivity contribution in [3.8, 4) is 0 Å². The highest BCUT2D eigenvalue weighted by molar-refractivity contribution is 5.75. The zero-order valence-corrected chi connectivity index (χ0v) is 11.1. The van der Waals surface area contributed by atoms with Gasteiger partial charge in [0.2, 0.25) is 5.91 Å². The first-order valence-corrected chi connectivity index (χ1v) is 6.71. The maximum absolute atomic E-state index is 11.4. The summed E-state index contributed by atoms with van der Waals surface area (Å²) in [4.78, 5) is 13.8. The third-order valence-corrected chi connectivity index (χ3v) is 3.50. The van der Waals surface area contributed by atoms with E-state index in [0.29, 0.717) is 12.8 Å². The lowest BCUT2D eigenvalue weighted by molar-refractivity contribution is -0.121. The number of rotatable bonds is 6. The van der Waals surface area contributed by atoms with Crippen LogP contribution in [0.5, 0.6) is 0 Å². The number of carbonyl (C=O) groups is 1. The molecule has 1 fully saturated rings. The van der Waals surface area contributed by atoms with Gasteiger partial charge in [-0.25, -0.2) is 0 Å². The van der Waals surface area contributed by atoms with Crippen molar-refractivity contribution in [2.75, 3.05) is 26.7 Å². The van der Waals surface area contributed by atoms with E-state index in [1.54, 1.807) is 6.92 Å². The van der Waals surface area contributed by atoms with Crippen LogP contribution in [-0.2, 0) is 4.79 Å². The second-order valence-corrected chi connectivity index (χ2v) is 5.27. The standard InChI is InChI=1S/C13H26N2O2/c1-11(16)3-4-13(17)14-8-5-12-6-9-15(2)10-7-12/h11-12,16H,3-10H2,1-2H3,(H,14,17). The highest BCUT2D eigenvalue weighted by Crippen LogP contribution is 2.18. The zero-order valence-electron chi connectivity index (χ0n) is 11.1. The summed E-state index contributed by atoms with van der Waals surface area (Å²) in [5.41, 5.74) is 0. The van der Waals surface area contributed by atoms with Gasteiger partial charge in [0.15, 0.2) is 0 Å². The van der Waals surface area contributed by atoms with Crippen molar-refractivity contribution < 1.29 is 9.90 Å².